The Hall–Kier alpha value is -5.75. The van der Waals surface area contributed by atoms with Crippen LogP contribution in [-0.2, 0) is 28.6 Å². The number of hydrogen-bond acceptors (Lipinski definition) is 6. The molecule has 0 saturated carbocycles. The molecule has 6 nitrogen and oxygen atoms in total. The topological polar surface area (TPSA) is 78.9 Å². The maximum Gasteiger partial charge on any atom is 0.306 e. The molecule has 414 valence electrons. The van der Waals surface area contributed by atoms with Gasteiger partial charge in [-0.1, -0.05) is 228 Å². The number of unbranched alkanes of at least 4 members (excludes halogenated alkanes) is 6. The van der Waals surface area contributed by atoms with E-state index in [9.17, 15) is 14.4 Å². The summed E-state index contributed by atoms with van der Waals surface area (Å²) in [6, 6.07) is 0. The van der Waals surface area contributed by atoms with E-state index in [1.165, 1.54) is 0 Å². The lowest BCUT2D eigenvalue weighted by Crippen LogP contribution is -2.30. The predicted molar refractivity (Wildman–Crippen MR) is 324 cm³/mol. The third-order valence-corrected chi connectivity index (χ3v) is 11.1. The van der Waals surface area contributed by atoms with Gasteiger partial charge in [-0.3, -0.25) is 14.4 Å². The number of esters is 3. The Morgan fingerprint density at radius 2 is 0.507 bits per heavy atom. The van der Waals surface area contributed by atoms with Crippen molar-refractivity contribution in [1.82, 2.24) is 0 Å². The van der Waals surface area contributed by atoms with Crippen LogP contribution in [0.25, 0.3) is 0 Å². The molecule has 0 aromatic rings. The van der Waals surface area contributed by atoms with Gasteiger partial charge in [0.25, 0.3) is 0 Å². The highest BCUT2D eigenvalue weighted by molar-refractivity contribution is 5.71. The second kappa shape index (κ2) is 60.8. The molecule has 0 bridgehead atoms. The lowest BCUT2D eigenvalue weighted by Gasteiger charge is -2.18. The van der Waals surface area contributed by atoms with E-state index in [-0.39, 0.29) is 50.4 Å². The molecule has 0 aliphatic heterocycles. The zero-order valence-electron chi connectivity index (χ0n) is 47.2. The van der Waals surface area contributed by atoms with Gasteiger partial charge in [-0.05, 0) is 148 Å². The van der Waals surface area contributed by atoms with Crippen molar-refractivity contribution in [3.05, 3.63) is 194 Å². The average Bonchev–Trinajstić information content (AvgIpc) is 3.41. The molecule has 0 N–H and O–H groups in total. The fourth-order valence-corrected chi connectivity index (χ4v) is 6.87. The van der Waals surface area contributed by atoms with Crippen LogP contribution in [0.4, 0.5) is 0 Å². The van der Waals surface area contributed by atoms with E-state index in [2.05, 4.69) is 203 Å². The number of allylic oxidation sites excluding steroid dienone is 32. The first-order valence-corrected chi connectivity index (χ1v) is 28.9. The maximum absolute atomic E-state index is 12.9. The summed E-state index contributed by atoms with van der Waals surface area (Å²) in [7, 11) is 0. The molecular weight excluding hydrogens is 925 g/mol. The number of hydrogen-bond donors (Lipinski definition) is 0. The van der Waals surface area contributed by atoms with Crippen LogP contribution in [0.15, 0.2) is 194 Å². The first-order chi connectivity index (χ1) is 37.0. The third-order valence-electron chi connectivity index (χ3n) is 11.1. The van der Waals surface area contributed by atoms with Crippen molar-refractivity contribution in [3.8, 4) is 0 Å². The summed E-state index contributed by atoms with van der Waals surface area (Å²) in [6.45, 7) is 6.15. The van der Waals surface area contributed by atoms with Gasteiger partial charge in [-0.2, -0.15) is 0 Å². The third kappa shape index (κ3) is 59.0. The molecule has 0 radical (unpaired) electrons. The Morgan fingerprint density at radius 1 is 0.267 bits per heavy atom. The van der Waals surface area contributed by atoms with E-state index in [4.69, 9.17) is 14.2 Å². The van der Waals surface area contributed by atoms with Crippen molar-refractivity contribution in [1.29, 1.82) is 0 Å². The minimum absolute atomic E-state index is 0.144. The number of rotatable bonds is 49. The molecule has 0 aromatic heterocycles. The fraction of sp³-hybridized carbons (Fsp3) is 0.493. The Bertz CT molecular complexity index is 1850. The summed E-state index contributed by atoms with van der Waals surface area (Å²) < 4.78 is 16.7. The van der Waals surface area contributed by atoms with Crippen LogP contribution in [0.2, 0.25) is 0 Å². The van der Waals surface area contributed by atoms with Crippen molar-refractivity contribution in [3.63, 3.8) is 0 Å². The maximum atomic E-state index is 12.9. The van der Waals surface area contributed by atoms with E-state index >= 15 is 0 Å². The normalized spacial score (nSPS) is 13.6. The molecule has 0 aliphatic rings. The van der Waals surface area contributed by atoms with E-state index < -0.39 is 6.10 Å². The lowest BCUT2D eigenvalue weighted by molar-refractivity contribution is -0.166. The van der Waals surface area contributed by atoms with Crippen LogP contribution in [-0.4, -0.2) is 37.2 Å². The molecule has 6 heteroatoms. The minimum atomic E-state index is -0.854. The van der Waals surface area contributed by atoms with Gasteiger partial charge >= 0.3 is 17.9 Å². The Kier molecular flexibility index (Phi) is 56.1. The summed E-state index contributed by atoms with van der Waals surface area (Å²) in [5.41, 5.74) is 0. The molecule has 0 aliphatic carbocycles. The SMILES string of the molecule is CCC=CCC=CCC=CCC=CCC=CCC=CCCC(=O)OC[C@@H](COC(=O)CCCCCC=CCC=CCC=CCC=CCC=CCC)OC(=O)CCCCCC=CCC=CCC=CCC=CCC=CCC. The molecule has 0 rings (SSSR count). The smallest absolute Gasteiger partial charge is 0.306 e. The van der Waals surface area contributed by atoms with Crippen LogP contribution in [0.3, 0.4) is 0 Å². The van der Waals surface area contributed by atoms with Crippen LogP contribution < -0.4 is 0 Å². The standard InChI is InChI=1S/C69H102O6/c1-4-7-10-13-16-19-22-25-28-31-34-37-40-43-46-49-52-55-58-61-67(70)73-64-66(75-69(72)63-60-57-54-51-48-45-42-39-36-33-30-27-24-21-18-15-12-9-6-3)65-74-68(71)62-59-56-53-50-47-44-41-38-35-32-29-26-23-20-17-14-11-8-5-2/h7-12,16-21,25-30,34-39,43-48,52,55,66H,4-6,13-15,22-24,31-33,40-42,49-51,53-54,56-65H2,1-3H3/t66-/m0/s1. The molecule has 0 heterocycles. The molecule has 0 amide bonds. The summed E-state index contributed by atoms with van der Waals surface area (Å²) in [5, 5.41) is 0. The molecule has 0 saturated heterocycles. The zero-order chi connectivity index (χ0) is 54.3. The Balaban J connectivity index is 4.68. The Labute approximate surface area is 458 Å². The Morgan fingerprint density at radius 3 is 0.800 bits per heavy atom. The van der Waals surface area contributed by atoms with Crippen molar-refractivity contribution in [2.24, 2.45) is 0 Å². The van der Waals surface area contributed by atoms with Gasteiger partial charge in [-0.15, -0.1) is 0 Å². The van der Waals surface area contributed by atoms with E-state index in [1.807, 2.05) is 12.2 Å². The average molecular weight is 1030 g/mol. The molecule has 75 heavy (non-hydrogen) atoms. The highest BCUT2D eigenvalue weighted by Crippen LogP contribution is 2.10. The van der Waals surface area contributed by atoms with Crippen molar-refractivity contribution in [2.75, 3.05) is 13.2 Å². The van der Waals surface area contributed by atoms with Crippen molar-refractivity contribution < 1.29 is 28.6 Å². The van der Waals surface area contributed by atoms with Crippen molar-refractivity contribution in [2.45, 2.75) is 207 Å². The zero-order valence-corrected chi connectivity index (χ0v) is 47.2. The molecule has 1 atom stereocenters. The molecular formula is C69H102O6. The van der Waals surface area contributed by atoms with Gasteiger partial charge < -0.3 is 14.2 Å². The van der Waals surface area contributed by atoms with Crippen LogP contribution in [0.1, 0.15) is 201 Å². The van der Waals surface area contributed by atoms with Gasteiger partial charge in [0, 0.05) is 19.3 Å². The molecule has 0 unspecified atom stereocenters. The van der Waals surface area contributed by atoms with Gasteiger partial charge in [-0.25, -0.2) is 0 Å². The monoisotopic (exact) mass is 1030 g/mol. The molecule has 0 fully saturated rings. The lowest BCUT2D eigenvalue weighted by atomic mass is 10.1. The molecule has 0 spiro atoms. The van der Waals surface area contributed by atoms with Gasteiger partial charge in [0.2, 0.25) is 0 Å². The number of carbonyl (C=O) groups excluding carboxylic acids is 3. The van der Waals surface area contributed by atoms with Crippen LogP contribution in [0.5, 0.6) is 0 Å². The van der Waals surface area contributed by atoms with E-state index in [1.54, 1.807) is 0 Å². The largest absolute Gasteiger partial charge is 0.462 e. The van der Waals surface area contributed by atoms with Crippen LogP contribution in [0, 0.1) is 0 Å². The van der Waals surface area contributed by atoms with Crippen molar-refractivity contribution >= 4 is 17.9 Å². The summed E-state index contributed by atoms with van der Waals surface area (Å²) >= 11 is 0. The van der Waals surface area contributed by atoms with Gasteiger partial charge in [0.1, 0.15) is 13.2 Å². The molecule has 0 aromatic carbocycles. The number of ether oxygens (including phenoxy) is 3. The summed E-state index contributed by atoms with van der Waals surface area (Å²) in [6.07, 6.45) is 92.9. The number of carbonyl (C=O) groups is 3. The predicted octanol–water partition coefficient (Wildman–Crippen LogP) is 19.9. The van der Waals surface area contributed by atoms with Gasteiger partial charge in [0.15, 0.2) is 6.10 Å². The van der Waals surface area contributed by atoms with Gasteiger partial charge in [0.05, 0.1) is 0 Å². The quantitative estimate of drug-likeness (QED) is 0.0261. The van der Waals surface area contributed by atoms with E-state index in [0.717, 1.165) is 148 Å². The summed E-state index contributed by atoms with van der Waals surface area (Å²) in [5.74, 6) is -1.11. The second-order valence-electron chi connectivity index (χ2n) is 18.0. The van der Waals surface area contributed by atoms with E-state index in [0.29, 0.717) is 12.8 Å². The first-order valence-electron chi connectivity index (χ1n) is 28.9. The fourth-order valence-electron chi connectivity index (χ4n) is 6.87. The second-order valence-corrected chi connectivity index (χ2v) is 18.0. The minimum Gasteiger partial charge on any atom is -0.462 e. The first kappa shape index (κ1) is 69.2. The van der Waals surface area contributed by atoms with Crippen LogP contribution >= 0.6 is 0 Å². The summed E-state index contributed by atoms with van der Waals surface area (Å²) in [4.78, 5) is 38.2. The highest BCUT2D eigenvalue weighted by atomic mass is 16.6. The highest BCUT2D eigenvalue weighted by Gasteiger charge is 2.19.